The number of Topliss-reactive ketones (excluding diaryl/α,β-unsaturated/α-hetero) is 2. The first-order chi connectivity index (χ1) is 16.5. The number of hydrogen-bond acceptors (Lipinski definition) is 4. The van der Waals surface area contributed by atoms with Crippen molar-refractivity contribution in [2.75, 3.05) is 0 Å². The van der Waals surface area contributed by atoms with E-state index in [1.165, 1.54) is 9.47 Å². The molecule has 0 saturated heterocycles. The van der Waals surface area contributed by atoms with E-state index in [1.54, 1.807) is 0 Å². The molecule has 2 atom stereocenters. The van der Waals surface area contributed by atoms with Gasteiger partial charge < -0.3 is 0 Å². The van der Waals surface area contributed by atoms with E-state index in [0.717, 1.165) is 0 Å². The first-order valence-electron chi connectivity index (χ1n) is 8.09. The Kier molecular flexibility index (Phi) is 9.11. The standard InChI is InChI=1S/C13H2F22O4/c14-4(8(20,21)22,38-12(32,33)6(16,17)10(26,27)28)2(36)1-3(37)5(15,9(23,24)25)39-13(34,35)7(18,19)11(29,30)31/h1H2/t4-,5-/m0/s1. The molecule has 0 fully saturated rings. The number of rotatable bonds is 10. The summed E-state index contributed by atoms with van der Waals surface area (Å²) < 4.78 is 282. The van der Waals surface area contributed by atoms with Crippen LogP contribution in [0.25, 0.3) is 0 Å². The molecule has 0 saturated carbocycles. The van der Waals surface area contributed by atoms with Crippen molar-refractivity contribution in [3.05, 3.63) is 0 Å². The summed E-state index contributed by atoms with van der Waals surface area (Å²) >= 11 is 0. The van der Waals surface area contributed by atoms with Crippen LogP contribution >= 0.6 is 0 Å². The number of alkyl halides is 22. The van der Waals surface area contributed by atoms with E-state index in [2.05, 4.69) is 0 Å². The molecular formula is C13H2F22O4. The van der Waals surface area contributed by atoms with E-state index in [0.29, 0.717) is 0 Å². The smallest absolute Gasteiger partial charge is 0.292 e. The van der Waals surface area contributed by atoms with Gasteiger partial charge in [-0.2, -0.15) is 96.6 Å². The van der Waals surface area contributed by atoms with E-state index in [4.69, 9.17) is 0 Å². The fourth-order valence-electron chi connectivity index (χ4n) is 1.73. The average molecular weight is 640 g/mol. The molecule has 0 aliphatic heterocycles. The van der Waals surface area contributed by atoms with Crippen molar-refractivity contribution in [2.45, 2.75) is 66.9 Å². The highest BCUT2D eigenvalue weighted by atomic mass is 19.4. The summed E-state index contributed by atoms with van der Waals surface area (Å²) in [5.41, 5.74) is 0. The Morgan fingerprint density at radius 3 is 0.744 bits per heavy atom. The van der Waals surface area contributed by atoms with Gasteiger partial charge >= 0.3 is 60.5 Å². The van der Waals surface area contributed by atoms with E-state index in [1.807, 2.05) is 0 Å². The van der Waals surface area contributed by atoms with E-state index >= 15 is 0 Å². The molecule has 0 aromatic rings. The number of hydrogen-bond donors (Lipinski definition) is 0. The monoisotopic (exact) mass is 640 g/mol. The predicted molar refractivity (Wildman–Crippen MR) is 68.5 cm³/mol. The van der Waals surface area contributed by atoms with Gasteiger partial charge in [-0.3, -0.25) is 19.1 Å². The second-order valence-electron chi connectivity index (χ2n) is 6.59. The summed E-state index contributed by atoms with van der Waals surface area (Å²) in [7, 11) is 0. The van der Waals surface area contributed by atoms with Gasteiger partial charge in [0.25, 0.3) is 0 Å². The Morgan fingerprint density at radius 1 is 0.385 bits per heavy atom. The minimum atomic E-state index is -7.88. The highest BCUT2D eigenvalue weighted by molar-refractivity contribution is 6.05. The third-order valence-electron chi connectivity index (χ3n) is 3.75. The highest BCUT2D eigenvalue weighted by Gasteiger charge is 2.81. The Labute approximate surface area is 195 Å². The molecule has 0 spiro atoms. The van der Waals surface area contributed by atoms with Gasteiger partial charge in [0.1, 0.15) is 0 Å². The Hall–Kier alpha value is -2.28. The van der Waals surface area contributed by atoms with Gasteiger partial charge in [0.05, 0.1) is 6.42 Å². The first-order valence-corrected chi connectivity index (χ1v) is 8.09. The number of carbonyl (C=O) groups excluding carboxylic acids is 2. The Balaban J connectivity index is 6.69. The van der Waals surface area contributed by atoms with Crippen LogP contribution in [0.5, 0.6) is 0 Å². The molecule has 0 rings (SSSR count). The van der Waals surface area contributed by atoms with Crippen LogP contribution in [0.3, 0.4) is 0 Å². The van der Waals surface area contributed by atoms with Crippen molar-refractivity contribution in [3.8, 4) is 0 Å². The lowest BCUT2D eigenvalue weighted by Gasteiger charge is -2.35. The van der Waals surface area contributed by atoms with Gasteiger partial charge in [0.2, 0.25) is 11.6 Å². The van der Waals surface area contributed by atoms with E-state index in [-0.39, 0.29) is 0 Å². The molecule has 0 aromatic carbocycles. The topological polar surface area (TPSA) is 52.6 Å². The quantitative estimate of drug-likeness (QED) is 0.200. The zero-order valence-electron chi connectivity index (χ0n) is 16.7. The lowest BCUT2D eigenvalue weighted by molar-refractivity contribution is -0.474. The lowest BCUT2D eigenvalue weighted by atomic mass is 10.0. The van der Waals surface area contributed by atoms with Crippen LogP contribution in [0.1, 0.15) is 6.42 Å². The van der Waals surface area contributed by atoms with Crippen LogP contribution in [-0.4, -0.2) is 72.0 Å². The van der Waals surface area contributed by atoms with Crippen molar-refractivity contribution in [1.29, 1.82) is 0 Å². The Morgan fingerprint density at radius 2 is 0.590 bits per heavy atom. The third kappa shape index (κ3) is 6.39. The zero-order valence-corrected chi connectivity index (χ0v) is 16.7. The van der Waals surface area contributed by atoms with Crippen molar-refractivity contribution < 1.29 is 116 Å². The molecule has 0 N–H and O–H groups in total. The fourth-order valence-corrected chi connectivity index (χ4v) is 1.73. The molecule has 0 aliphatic rings. The molecule has 0 amide bonds. The lowest BCUT2D eigenvalue weighted by Crippen LogP contribution is -2.63. The molecule has 0 unspecified atom stereocenters. The van der Waals surface area contributed by atoms with Crippen molar-refractivity contribution in [2.24, 2.45) is 0 Å². The molecule has 4 nitrogen and oxygen atoms in total. The molecule has 232 valence electrons. The summed E-state index contributed by atoms with van der Waals surface area (Å²) in [4.78, 5) is 22.5. The van der Waals surface area contributed by atoms with Crippen molar-refractivity contribution in [3.63, 3.8) is 0 Å². The number of ether oxygens (including phenoxy) is 2. The van der Waals surface area contributed by atoms with Crippen LogP contribution in [0.2, 0.25) is 0 Å². The summed E-state index contributed by atoms with van der Waals surface area (Å²) in [5.74, 6) is -39.8. The van der Waals surface area contributed by atoms with E-state index < -0.39 is 78.5 Å². The van der Waals surface area contributed by atoms with Gasteiger partial charge in [-0.1, -0.05) is 0 Å². The molecule has 0 radical (unpaired) electrons. The molecule has 39 heavy (non-hydrogen) atoms. The summed E-state index contributed by atoms with van der Waals surface area (Å²) in [6.07, 6.45) is -50.6. The van der Waals surface area contributed by atoms with Crippen molar-refractivity contribution in [1.82, 2.24) is 0 Å². The summed E-state index contributed by atoms with van der Waals surface area (Å²) in [6.45, 7) is 0. The first kappa shape index (κ1) is 36.7. The number of halogens is 22. The van der Waals surface area contributed by atoms with Gasteiger partial charge in [0.15, 0.2) is 0 Å². The number of carbonyl (C=O) groups is 2. The van der Waals surface area contributed by atoms with Crippen LogP contribution in [-0.2, 0) is 19.1 Å². The average Bonchev–Trinajstić information content (AvgIpc) is 2.62. The maximum atomic E-state index is 13.9. The van der Waals surface area contributed by atoms with Crippen LogP contribution < -0.4 is 0 Å². The Bertz CT molecular complexity index is 850. The minimum absolute atomic E-state index is 1.48. The molecule has 26 heteroatoms. The normalized spacial score (nSPS) is 18.4. The molecule has 0 aliphatic carbocycles. The number of ketones is 2. The SMILES string of the molecule is O=C(CC(=O)[C@](F)(OC(F)(F)C(F)(F)C(F)(F)F)C(F)(F)F)[C@](F)(OC(F)(F)C(F)(F)C(F)(F)F)C(F)(F)F. The van der Waals surface area contributed by atoms with Crippen LogP contribution in [0, 0.1) is 0 Å². The van der Waals surface area contributed by atoms with Gasteiger partial charge in [-0.15, -0.1) is 0 Å². The zero-order chi connectivity index (χ0) is 32.3. The molecular weight excluding hydrogens is 638 g/mol. The predicted octanol–water partition coefficient (Wildman–Crippen LogP) is 6.58. The summed E-state index contributed by atoms with van der Waals surface area (Å²) in [5, 5.41) is 0. The second-order valence-corrected chi connectivity index (χ2v) is 6.59. The maximum Gasteiger partial charge on any atom is 0.462 e. The minimum Gasteiger partial charge on any atom is -0.292 e. The third-order valence-corrected chi connectivity index (χ3v) is 3.75. The van der Waals surface area contributed by atoms with Crippen LogP contribution in [0.4, 0.5) is 96.6 Å². The van der Waals surface area contributed by atoms with Crippen molar-refractivity contribution >= 4 is 11.6 Å². The van der Waals surface area contributed by atoms with E-state index in [9.17, 15) is 106 Å². The largest absolute Gasteiger partial charge is 0.462 e. The second kappa shape index (κ2) is 9.67. The van der Waals surface area contributed by atoms with Gasteiger partial charge in [0, 0.05) is 0 Å². The maximum absolute atomic E-state index is 13.9. The highest BCUT2D eigenvalue weighted by Crippen LogP contribution is 2.53. The molecule has 0 bridgehead atoms. The fraction of sp³-hybridized carbons (Fsp3) is 0.846. The summed E-state index contributed by atoms with van der Waals surface area (Å²) in [6, 6.07) is 0. The molecule has 0 heterocycles. The van der Waals surface area contributed by atoms with Crippen LogP contribution in [0.15, 0.2) is 0 Å². The molecule has 0 aromatic heterocycles. The van der Waals surface area contributed by atoms with Gasteiger partial charge in [-0.25, -0.2) is 0 Å². The van der Waals surface area contributed by atoms with Gasteiger partial charge in [-0.05, 0) is 0 Å².